The van der Waals surface area contributed by atoms with Gasteiger partial charge in [0.25, 0.3) is 0 Å². The third kappa shape index (κ3) is 4.51. The average molecular weight is 322 g/mol. The van der Waals surface area contributed by atoms with Crippen molar-refractivity contribution in [2.24, 2.45) is 5.73 Å². The summed E-state index contributed by atoms with van der Waals surface area (Å²) >= 11 is 0. The van der Waals surface area contributed by atoms with Crippen molar-refractivity contribution in [2.75, 3.05) is 20.2 Å². The Hall–Kier alpha value is -1.95. The molecule has 0 saturated carbocycles. The lowest BCUT2D eigenvalue weighted by atomic mass is 9.87. The number of rotatable bonds is 6. The van der Waals surface area contributed by atoms with Crippen molar-refractivity contribution in [1.29, 1.82) is 0 Å². The molecule has 126 valence electrons. The first kappa shape index (κ1) is 17.4. The molecule has 2 amide bonds. The van der Waals surface area contributed by atoms with Gasteiger partial charge in [-0.2, -0.15) is 0 Å². The third-order valence-electron chi connectivity index (χ3n) is 4.45. The monoisotopic (exact) mass is 322 g/mol. The number of benzene rings is 1. The zero-order valence-corrected chi connectivity index (χ0v) is 13.4. The van der Waals surface area contributed by atoms with Gasteiger partial charge in [0.2, 0.25) is 11.8 Å². The van der Waals surface area contributed by atoms with E-state index < -0.39 is 5.60 Å². The highest BCUT2D eigenvalue weighted by Gasteiger charge is 2.37. The van der Waals surface area contributed by atoms with Crippen LogP contribution in [0.1, 0.15) is 31.2 Å². The van der Waals surface area contributed by atoms with E-state index in [9.17, 15) is 14.0 Å². The van der Waals surface area contributed by atoms with Gasteiger partial charge in [0, 0.05) is 26.6 Å². The molecule has 23 heavy (non-hydrogen) atoms. The Morgan fingerprint density at radius 3 is 2.78 bits per heavy atom. The maximum Gasteiger partial charge on any atom is 0.227 e. The molecule has 1 fully saturated rings. The highest BCUT2D eigenvalue weighted by molar-refractivity contribution is 5.79. The highest BCUT2D eigenvalue weighted by atomic mass is 19.1. The summed E-state index contributed by atoms with van der Waals surface area (Å²) in [5.41, 5.74) is 5.07. The molecule has 1 aliphatic rings. The van der Waals surface area contributed by atoms with E-state index in [0.29, 0.717) is 25.1 Å². The van der Waals surface area contributed by atoms with Crippen LogP contribution in [0.5, 0.6) is 0 Å². The maximum atomic E-state index is 13.7. The topological polar surface area (TPSA) is 72.6 Å². The van der Waals surface area contributed by atoms with Crippen molar-refractivity contribution in [3.05, 3.63) is 35.6 Å². The summed E-state index contributed by atoms with van der Waals surface area (Å²) in [6.45, 7) is 1.03. The van der Waals surface area contributed by atoms with Gasteiger partial charge in [0.15, 0.2) is 0 Å². The van der Waals surface area contributed by atoms with E-state index in [0.717, 1.165) is 12.8 Å². The Kier molecular flexibility index (Phi) is 5.71. The Morgan fingerprint density at radius 1 is 1.39 bits per heavy atom. The molecule has 0 unspecified atom stereocenters. The molecule has 0 spiro atoms. The summed E-state index contributed by atoms with van der Waals surface area (Å²) in [5, 5.41) is 0. The Labute approximate surface area is 135 Å². The molecule has 0 aromatic heterocycles. The Bertz CT molecular complexity index is 579. The third-order valence-corrected chi connectivity index (χ3v) is 4.45. The number of hydrogen-bond acceptors (Lipinski definition) is 3. The van der Waals surface area contributed by atoms with E-state index in [1.165, 1.54) is 6.07 Å². The second-order valence-corrected chi connectivity index (χ2v) is 6.04. The molecule has 1 aromatic rings. The zero-order chi connectivity index (χ0) is 16.9. The van der Waals surface area contributed by atoms with E-state index in [2.05, 4.69) is 0 Å². The second kappa shape index (κ2) is 7.55. The molecule has 0 radical (unpaired) electrons. The van der Waals surface area contributed by atoms with Crippen molar-refractivity contribution in [3.63, 3.8) is 0 Å². The van der Waals surface area contributed by atoms with Crippen molar-refractivity contribution in [3.8, 4) is 0 Å². The lowest BCUT2D eigenvalue weighted by Gasteiger charge is -2.42. The molecule has 1 saturated heterocycles. The van der Waals surface area contributed by atoms with Crippen LogP contribution in [0.25, 0.3) is 0 Å². The first-order valence-electron chi connectivity index (χ1n) is 7.80. The number of ether oxygens (including phenoxy) is 1. The van der Waals surface area contributed by atoms with Crippen LogP contribution in [-0.2, 0) is 20.7 Å². The molecular formula is C17H23FN2O3. The van der Waals surface area contributed by atoms with Gasteiger partial charge in [0.05, 0.1) is 12.0 Å². The Balaban J connectivity index is 2.03. The molecule has 1 heterocycles. The van der Waals surface area contributed by atoms with Crippen LogP contribution in [-0.4, -0.2) is 42.5 Å². The predicted octanol–water partition coefficient (Wildman–Crippen LogP) is 1.64. The molecule has 0 bridgehead atoms. The van der Waals surface area contributed by atoms with Gasteiger partial charge in [-0.15, -0.1) is 0 Å². The number of amides is 2. The summed E-state index contributed by atoms with van der Waals surface area (Å²) in [6.07, 6.45) is 2.31. The van der Waals surface area contributed by atoms with E-state index >= 15 is 0 Å². The lowest BCUT2D eigenvalue weighted by Crippen LogP contribution is -2.52. The molecule has 6 heteroatoms. The number of nitrogens with zero attached hydrogens (tertiary/aromatic N) is 1. The van der Waals surface area contributed by atoms with Crippen LogP contribution >= 0.6 is 0 Å². The minimum atomic E-state index is -0.543. The molecule has 0 aliphatic carbocycles. The normalized spacial score (nSPS) is 21.2. The number of carbonyl (C=O) groups excluding carboxylic acids is 2. The second-order valence-electron chi connectivity index (χ2n) is 6.04. The summed E-state index contributed by atoms with van der Waals surface area (Å²) in [7, 11) is 1.59. The van der Waals surface area contributed by atoms with E-state index in [4.69, 9.17) is 10.5 Å². The number of primary amides is 1. The van der Waals surface area contributed by atoms with Crippen LogP contribution in [0.2, 0.25) is 0 Å². The molecule has 2 N–H and O–H groups in total. The number of carbonyl (C=O) groups is 2. The van der Waals surface area contributed by atoms with Gasteiger partial charge in [-0.3, -0.25) is 9.59 Å². The number of halogens is 1. The molecule has 1 aromatic carbocycles. The number of nitrogens with two attached hydrogens (primary N) is 1. The quantitative estimate of drug-likeness (QED) is 0.865. The van der Waals surface area contributed by atoms with Gasteiger partial charge in [-0.1, -0.05) is 18.2 Å². The fourth-order valence-corrected chi connectivity index (χ4v) is 3.05. The van der Waals surface area contributed by atoms with Crippen LogP contribution in [0.3, 0.4) is 0 Å². The van der Waals surface area contributed by atoms with Crippen LogP contribution < -0.4 is 5.73 Å². The van der Waals surface area contributed by atoms with Crippen molar-refractivity contribution in [1.82, 2.24) is 4.90 Å². The SMILES string of the molecule is CO[C@]1(CCC(N)=O)CCCN(C(=O)Cc2ccccc2F)C1. The number of likely N-dealkylation sites (tertiary alicyclic amines) is 1. The van der Waals surface area contributed by atoms with Crippen LogP contribution in [0, 0.1) is 5.82 Å². The van der Waals surface area contributed by atoms with Crippen LogP contribution in [0.4, 0.5) is 4.39 Å². The molecule has 5 nitrogen and oxygen atoms in total. The summed E-state index contributed by atoms with van der Waals surface area (Å²) in [5.74, 6) is -0.879. The molecule has 2 rings (SSSR count). The highest BCUT2D eigenvalue weighted by Crippen LogP contribution is 2.29. The zero-order valence-electron chi connectivity index (χ0n) is 13.4. The van der Waals surface area contributed by atoms with Gasteiger partial charge in [-0.25, -0.2) is 4.39 Å². The van der Waals surface area contributed by atoms with E-state index in [1.807, 2.05) is 0 Å². The fraction of sp³-hybridized carbons (Fsp3) is 0.529. The number of piperidine rings is 1. The summed E-state index contributed by atoms with van der Waals surface area (Å²) in [4.78, 5) is 25.2. The van der Waals surface area contributed by atoms with Gasteiger partial charge < -0.3 is 15.4 Å². The summed E-state index contributed by atoms with van der Waals surface area (Å²) < 4.78 is 19.3. The minimum Gasteiger partial charge on any atom is -0.376 e. The van der Waals surface area contributed by atoms with E-state index in [-0.39, 0.29) is 30.5 Å². The average Bonchev–Trinajstić information content (AvgIpc) is 2.55. The van der Waals surface area contributed by atoms with Crippen molar-refractivity contribution >= 4 is 11.8 Å². The van der Waals surface area contributed by atoms with Gasteiger partial charge in [0.1, 0.15) is 5.82 Å². The van der Waals surface area contributed by atoms with Crippen molar-refractivity contribution in [2.45, 2.75) is 37.7 Å². The Morgan fingerprint density at radius 2 is 2.13 bits per heavy atom. The lowest BCUT2D eigenvalue weighted by molar-refractivity contribution is -0.140. The van der Waals surface area contributed by atoms with Crippen LogP contribution in [0.15, 0.2) is 24.3 Å². The number of methoxy groups -OCH3 is 1. The maximum absolute atomic E-state index is 13.7. The largest absolute Gasteiger partial charge is 0.376 e. The summed E-state index contributed by atoms with van der Waals surface area (Å²) in [6, 6.07) is 6.29. The first-order chi connectivity index (χ1) is 11.0. The molecule has 1 atom stereocenters. The van der Waals surface area contributed by atoms with Gasteiger partial charge in [-0.05, 0) is 30.9 Å². The molecule has 1 aliphatic heterocycles. The van der Waals surface area contributed by atoms with Gasteiger partial charge >= 0.3 is 0 Å². The fourth-order valence-electron chi connectivity index (χ4n) is 3.05. The standard InChI is InChI=1S/C17H23FN2O3/c1-23-17(9-7-15(19)21)8-4-10-20(12-17)16(22)11-13-5-2-3-6-14(13)18/h2-3,5-6H,4,7-12H2,1H3,(H2,19,21)/t17-/m0/s1. The minimum absolute atomic E-state index is 0.0300. The van der Waals surface area contributed by atoms with Crippen molar-refractivity contribution < 1.29 is 18.7 Å². The van der Waals surface area contributed by atoms with E-state index in [1.54, 1.807) is 30.2 Å². The molecular weight excluding hydrogens is 299 g/mol. The number of hydrogen-bond donors (Lipinski definition) is 1. The first-order valence-corrected chi connectivity index (χ1v) is 7.80. The predicted molar refractivity (Wildman–Crippen MR) is 84.1 cm³/mol. The smallest absolute Gasteiger partial charge is 0.227 e.